The van der Waals surface area contributed by atoms with E-state index >= 15 is 0 Å². The number of hydrogen-bond donors (Lipinski definition) is 1. The number of benzene rings is 1. The van der Waals surface area contributed by atoms with Crippen LogP contribution in [-0.4, -0.2) is 44.3 Å². The molecule has 0 amide bonds. The Kier molecular flexibility index (Phi) is 6.51. The molecule has 0 aromatic heterocycles. The van der Waals surface area contributed by atoms with Crippen molar-refractivity contribution in [3.05, 3.63) is 35.4 Å². The smallest absolute Gasteiger partial charge is 0.0622 e. The molecule has 0 aliphatic carbocycles. The van der Waals surface area contributed by atoms with Crippen LogP contribution in [0.25, 0.3) is 0 Å². The van der Waals surface area contributed by atoms with Crippen molar-refractivity contribution in [3.63, 3.8) is 0 Å². The molecule has 20 heavy (non-hydrogen) atoms. The van der Waals surface area contributed by atoms with E-state index in [0.29, 0.717) is 6.04 Å². The van der Waals surface area contributed by atoms with Crippen LogP contribution < -0.4 is 5.32 Å². The fraction of sp³-hybridized carbons (Fsp3) is 0.647. The first-order valence-corrected chi connectivity index (χ1v) is 7.86. The molecule has 1 aliphatic heterocycles. The van der Waals surface area contributed by atoms with Crippen molar-refractivity contribution >= 4 is 0 Å². The Bertz CT molecular complexity index is 371. The maximum atomic E-state index is 5.45. The second-order valence-electron chi connectivity index (χ2n) is 5.75. The number of ether oxygens (including phenoxy) is 1. The van der Waals surface area contributed by atoms with Crippen molar-refractivity contribution < 1.29 is 4.74 Å². The van der Waals surface area contributed by atoms with Gasteiger partial charge in [-0.15, -0.1) is 0 Å². The second kappa shape index (κ2) is 8.40. The second-order valence-corrected chi connectivity index (χ2v) is 5.75. The Balaban J connectivity index is 1.75. The first kappa shape index (κ1) is 15.5. The van der Waals surface area contributed by atoms with Gasteiger partial charge in [-0.1, -0.05) is 31.2 Å². The lowest BCUT2D eigenvalue weighted by molar-refractivity contribution is 0.156. The van der Waals surface area contributed by atoms with Crippen LogP contribution in [0.5, 0.6) is 0 Å². The summed E-state index contributed by atoms with van der Waals surface area (Å²) in [5, 5.41) is 3.45. The van der Waals surface area contributed by atoms with Gasteiger partial charge in [-0.25, -0.2) is 0 Å². The van der Waals surface area contributed by atoms with Crippen LogP contribution in [0.15, 0.2) is 24.3 Å². The minimum absolute atomic E-state index is 0.591. The normalized spacial score (nSPS) is 18.9. The van der Waals surface area contributed by atoms with Crippen molar-refractivity contribution in [2.45, 2.75) is 38.8 Å². The predicted molar refractivity (Wildman–Crippen MR) is 84.0 cm³/mol. The third kappa shape index (κ3) is 4.89. The molecule has 1 fully saturated rings. The number of nitrogens with one attached hydrogen (secondary N) is 1. The Labute approximate surface area is 123 Å². The summed E-state index contributed by atoms with van der Waals surface area (Å²) in [6.07, 6.45) is 3.49. The standard InChI is InChI=1S/C17H28N2O/c1-3-10-18-11-8-15-4-6-16(7-5-15)13-19(2)17-9-12-20-14-17/h4-7,17-18H,3,8-14H2,1-2H3. The lowest BCUT2D eigenvalue weighted by Crippen LogP contribution is -2.31. The average molecular weight is 276 g/mol. The van der Waals surface area contributed by atoms with Gasteiger partial charge in [-0.2, -0.15) is 0 Å². The van der Waals surface area contributed by atoms with Crippen molar-refractivity contribution in [2.75, 3.05) is 33.4 Å². The van der Waals surface area contributed by atoms with Gasteiger partial charge in [0.15, 0.2) is 0 Å². The molecule has 0 spiro atoms. The third-order valence-electron chi connectivity index (χ3n) is 4.00. The summed E-state index contributed by atoms with van der Waals surface area (Å²) in [4.78, 5) is 2.41. The molecule has 112 valence electrons. The maximum Gasteiger partial charge on any atom is 0.0622 e. The SMILES string of the molecule is CCCNCCc1ccc(CN(C)C2CCOC2)cc1. The first-order valence-electron chi connectivity index (χ1n) is 7.86. The minimum Gasteiger partial charge on any atom is -0.380 e. The molecule has 1 aromatic carbocycles. The highest BCUT2D eigenvalue weighted by Gasteiger charge is 2.19. The molecular formula is C17H28N2O. The van der Waals surface area contributed by atoms with Gasteiger partial charge in [0.25, 0.3) is 0 Å². The first-order chi connectivity index (χ1) is 9.79. The number of hydrogen-bond acceptors (Lipinski definition) is 3. The molecule has 3 nitrogen and oxygen atoms in total. The van der Waals surface area contributed by atoms with E-state index in [1.54, 1.807) is 0 Å². The summed E-state index contributed by atoms with van der Waals surface area (Å²) < 4.78 is 5.45. The largest absolute Gasteiger partial charge is 0.380 e. The van der Waals surface area contributed by atoms with Gasteiger partial charge < -0.3 is 10.1 Å². The van der Waals surface area contributed by atoms with Crippen LogP contribution >= 0.6 is 0 Å². The molecule has 1 unspecified atom stereocenters. The minimum atomic E-state index is 0.591. The molecule has 3 heteroatoms. The molecule has 0 radical (unpaired) electrons. The Hall–Kier alpha value is -0.900. The summed E-state index contributed by atoms with van der Waals surface area (Å²) >= 11 is 0. The summed E-state index contributed by atoms with van der Waals surface area (Å²) in [6, 6.07) is 9.65. The molecule has 2 rings (SSSR count). The number of nitrogens with zero attached hydrogens (tertiary/aromatic N) is 1. The zero-order valence-electron chi connectivity index (χ0n) is 12.9. The fourth-order valence-electron chi connectivity index (χ4n) is 2.63. The van der Waals surface area contributed by atoms with Gasteiger partial charge >= 0.3 is 0 Å². The topological polar surface area (TPSA) is 24.5 Å². The summed E-state index contributed by atoms with van der Waals surface area (Å²) in [5.74, 6) is 0. The zero-order valence-corrected chi connectivity index (χ0v) is 12.9. The molecular weight excluding hydrogens is 248 g/mol. The molecule has 0 saturated carbocycles. The summed E-state index contributed by atoms with van der Waals surface area (Å²) in [7, 11) is 2.20. The van der Waals surface area contributed by atoms with Crippen LogP contribution in [0.1, 0.15) is 30.9 Å². The predicted octanol–water partition coefficient (Wildman–Crippen LogP) is 2.45. The highest BCUT2D eigenvalue weighted by Crippen LogP contribution is 2.14. The average Bonchev–Trinajstić information content (AvgIpc) is 3.00. The van der Waals surface area contributed by atoms with Gasteiger partial charge in [-0.3, -0.25) is 4.90 Å². The monoisotopic (exact) mass is 276 g/mol. The lowest BCUT2D eigenvalue weighted by Gasteiger charge is -2.22. The molecule has 1 atom stereocenters. The highest BCUT2D eigenvalue weighted by atomic mass is 16.5. The number of likely N-dealkylation sites (N-methyl/N-ethyl adjacent to an activating group) is 1. The zero-order chi connectivity index (χ0) is 14.2. The van der Waals surface area contributed by atoms with E-state index in [4.69, 9.17) is 4.74 Å². The van der Waals surface area contributed by atoms with Gasteiger partial charge in [-0.05, 0) is 50.5 Å². The molecule has 1 N–H and O–H groups in total. The van der Waals surface area contributed by atoms with Crippen LogP contribution in [-0.2, 0) is 17.7 Å². The Morgan fingerprint density at radius 1 is 1.20 bits per heavy atom. The van der Waals surface area contributed by atoms with Crippen LogP contribution in [0.2, 0.25) is 0 Å². The summed E-state index contributed by atoms with van der Waals surface area (Å²) in [5.41, 5.74) is 2.81. The number of rotatable bonds is 8. The Morgan fingerprint density at radius 3 is 2.60 bits per heavy atom. The molecule has 1 heterocycles. The van der Waals surface area contributed by atoms with E-state index in [2.05, 4.69) is 48.5 Å². The van der Waals surface area contributed by atoms with Gasteiger partial charge in [0, 0.05) is 19.2 Å². The van der Waals surface area contributed by atoms with E-state index in [9.17, 15) is 0 Å². The van der Waals surface area contributed by atoms with Crippen LogP contribution in [0, 0.1) is 0 Å². The summed E-state index contributed by atoms with van der Waals surface area (Å²) in [6.45, 7) is 7.21. The van der Waals surface area contributed by atoms with Gasteiger partial charge in [0.05, 0.1) is 6.61 Å². The van der Waals surface area contributed by atoms with Gasteiger partial charge in [0.1, 0.15) is 0 Å². The van der Waals surface area contributed by atoms with E-state index in [1.165, 1.54) is 17.5 Å². The van der Waals surface area contributed by atoms with Crippen molar-refractivity contribution in [2.24, 2.45) is 0 Å². The Morgan fingerprint density at radius 2 is 1.95 bits per heavy atom. The lowest BCUT2D eigenvalue weighted by atomic mass is 10.1. The molecule has 1 saturated heterocycles. The van der Waals surface area contributed by atoms with E-state index in [-0.39, 0.29) is 0 Å². The van der Waals surface area contributed by atoms with Crippen LogP contribution in [0.4, 0.5) is 0 Å². The van der Waals surface area contributed by atoms with Crippen LogP contribution in [0.3, 0.4) is 0 Å². The molecule has 1 aliphatic rings. The van der Waals surface area contributed by atoms with Gasteiger partial charge in [0.2, 0.25) is 0 Å². The highest BCUT2D eigenvalue weighted by molar-refractivity contribution is 5.22. The fourth-order valence-corrected chi connectivity index (χ4v) is 2.63. The van der Waals surface area contributed by atoms with Crippen molar-refractivity contribution in [1.29, 1.82) is 0 Å². The maximum absolute atomic E-state index is 5.45. The molecule has 1 aromatic rings. The van der Waals surface area contributed by atoms with E-state index in [0.717, 1.165) is 45.7 Å². The van der Waals surface area contributed by atoms with Crippen molar-refractivity contribution in [3.8, 4) is 0 Å². The third-order valence-corrected chi connectivity index (χ3v) is 4.00. The molecule has 0 bridgehead atoms. The van der Waals surface area contributed by atoms with E-state index < -0.39 is 0 Å². The quantitative estimate of drug-likeness (QED) is 0.738. The van der Waals surface area contributed by atoms with Crippen molar-refractivity contribution in [1.82, 2.24) is 10.2 Å². The van der Waals surface area contributed by atoms with E-state index in [1.807, 2.05) is 0 Å².